The Labute approximate surface area is 223 Å². The number of nitrogens with zero attached hydrogens (tertiary/aromatic N) is 2. The first kappa shape index (κ1) is 25.1. The largest absolute Gasteiger partial charge is 0.350 e. The Morgan fingerprint density at radius 1 is 0.949 bits per heavy atom. The van der Waals surface area contributed by atoms with Crippen molar-refractivity contribution in [2.75, 3.05) is 19.6 Å². The summed E-state index contributed by atoms with van der Waals surface area (Å²) in [6.45, 7) is 5.01. The highest BCUT2D eigenvalue weighted by Crippen LogP contribution is 2.34. The van der Waals surface area contributed by atoms with Gasteiger partial charge in [-0.05, 0) is 48.2 Å². The summed E-state index contributed by atoms with van der Waals surface area (Å²) in [5.74, 6) is -1.31. The van der Waals surface area contributed by atoms with E-state index >= 15 is 0 Å². The van der Waals surface area contributed by atoms with E-state index in [1.54, 1.807) is 35.2 Å². The number of piperazine rings is 1. The van der Waals surface area contributed by atoms with Crippen molar-refractivity contribution < 1.29 is 23.2 Å². The Morgan fingerprint density at radius 2 is 1.69 bits per heavy atom. The van der Waals surface area contributed by atoms with Crippen LogP contribution in [-0.4, -0.2) is 69.2 Å². The van der Waals surface area contributed by atoms with Gasteiger partial charge in [-0.2, -0.15) is 0 Å². The zero-order valence-corrected chi connectivity index (χ0v) is 21.7. The maximum absolute atomic E-state index is 14.0. The summed E-state index contributed by atoms with van der Waals surface area (Å²) in [5, 5.41) is 4.25. The zero-order valence-electron chi connectivity index (χ0n) is 21.7. The van der Waals surface area contributed by atoms with Gasteiger partial charge in [0.15, 0.2) is 0 Å². The molecule has 2 aromatic carbocycles. The summed E-state index contributed by atoms with van der Waals surface area (Å²) < 4.78 is 27.5. The highest BCUT2D eigenvalue weighted by atomic mass is 19.1. The van der Waals surface area contributed by atoms with Crippen molar-refractivity contribution in [1.29, 1.82) is 0 Å². The number of rotatable bonds is 6. The number of carbonyl (C=O) groups is 3. The van der Waals surface area contributed by atoms with E-state index in [0.29, 0.717) is 29.7 Å². The Bertz CT molecular complexity index is 1620. The maximum atomic E-state index is 14.0. The minimum absolute atomic E-state index is 0.0115. The first-order chi connectivity index (χ1) is 18.6. The molecular weight excluding hydrogens is 504 g/mol. The van der Waals surface area contributed by atoms with Crippen LogP contribution in [0.4, 0.5) is 8.78 Å². The number of aromatic nitrogens is 2. The second-order valence-corrected chi connectivity index (χ2v) is 11.4. The lowest BCUT2D eigenvalue weighted by Gasteiger charge is -2.36. The Hall–Kier alpha value is -4.21. The number of amides is 3. The summed E-state index contributed by atoms with van der Waals surface area (Å²) >= 11 is 0. The molecule has 2 bridgehead atoms. The van der Waals surface area contributed by atoms with Gasteiger partial charge < -0.3 is 25.1 Å². The van der Waals surface area contributed by atoms with Gasteiger partial charge in [0.25, 0.3) is 11.8 Å². The van der Waals surface area contributed by atoms with E-state index in [2.05, 4.69) is 15.3 Å². The van der Waals surface area contributed by atoms with Gasteiger partial charge in [0.05, 0.1) is 17.6 Å². The number of H-pyrrole nitrogens is 2. The number of benzene rings is 2. The molecule has 10 heteroatoms. The number of halogens is 2. The third kappa shape index (κ3) is 4.64. The van der Waals surface area contributed by atoms with Crippen molar-refractivity contribution >= 4 is 39.5 Å². The molecule has 202 valence electrons. The van der Waals surface area contributed by atoms with Crippen LogP contribution in [-0.2, 0) is 4.79 Å². The summed E-state index contributed by atoms with van der Waals surface area (Å²) in [6.07, 6.45) is 0.958. The SMILES string of the molecule is CC(C)(CNC(=O)c1cc2cccc(F)c2[nH]1)CC(=O)N1C[C@@H]2C[C@H]1CN2C(=O)c1cc2ccc(F)cc2[nH]1. The van der Waals surface area contributed by atoms with E-state index in [9.17, 15) is 23.2 Å². The molecule has 0 radical (unpaired) electrons. The van der Waals surface area contributed by atoms with Crippen molar-refractivity contribution in [3.63, 3.8) is 0 Å². The lowest BCUT2D eigenvalue weighted by Crippen LogP contribution is -2.51. The highest BCUT2D eigenvalue weighted by Gasteiger charge is 2.47. The van der Waals surface area contributed by atoms with E-state index in [1.807, 2.05) is 18.7 Å². The molecule has 4 heterocycles. The first-order valence-corrected chi connectivity index (χ1v) is 13.0. The van der Waals surface area contributed by atoms with Crippen LogP contribution in [0.15, 0.2) is 48.5 Å². The molecule has 6 rings (SSSR count). The number of nitrogens with one attached hydrogen (secondary N) is 3. The monoisotopic (exact) mass is 533 g/mol. The van der Waals surface area contributed by atoms with Crippen LogP contribution in [0.3, 0.4) is 0 Å². The molecule has 2 aromatic heterocycles. The van der Waals surface area contributed by atoms with Crippen LogP contribution in [0, 0.1) is 17.0 Å². The molecule has 2 aliphatic rings. The summed E-state index contributed by atoms with van der Waals surface area (Å²) in [5.41, 5.74) is 1.02. The molecule has 0 spiro atoms. The molecule has 3 N–H and O–H groups in total. The van der Waals surface area contributed by atoms with E-state index in [-0.39, 0.29) is 59.8 Å². The molecule has 4 aromatic rings. The molecule has 0 aliphatic carbocycles. The summed E-state index contributed by atoms with van der Waals surface area (Å²) in [6, 6.07) is 12.2. The molecule has 2 atom stereocenters. The number of para-hydroxylation sites is 1. The fraction of sp³-hybridized carbons (Fsp3) is 0.345. The maximum Gasteiger partial charge on any atom is 0.270 e. The fourth-order valence-electron chi connectivity index (χ4n) is 5.82. The van der Waals surface area contributed by atoms with Gasteiger partial charge in [0, 0.05) is 42.3 Å². The first-order valence-electron chi connectivity index (χ1n) is 13.0. The number of fused-ring (bicyclic) bond motifs is 4. The molecule has 2 saturated heterocycles. The number of carbonyl (C=O) groups excluding carboxylic acids is 3. The van der Waals surface area contributed by atoms with Gasteiger partial charge in [-0.3, -0.25) is 14.4 Å². The van der Waals surface area contributed by atoms with Crippen molar-refractivity contribution in [2.45, 2.75) is 38.8 Å². The Balaban J connectivity index is 1.04. The van der Waals surface area contributed by atoms with Crippen molar-refractivity contribution in [2.24, 2.45) is 5.41 Å². The van der Waals surface area contributed by atoms with Crippen LogP contribution in [0.5, 0.6) is 0 Å². The van der Waals surface area contributed by atoms with Crippen LogP contribution in [0.1, 0.15) is 47.7 Å². The van der Waals surface area contributed by atoms with Gasteiger partial charge in [0.2, 0.25) is 5.91 Å². The molecular formula is C29H29F2N5O3. The third-order valence-corrected chi connectivity index (χ3v) is 7.84. The summed E-state index contributed by atoms with van der Waals surface area (Å²) in [4.78, 5) is 48.6. The zero-order chi connectivity index (χ0) is 27.5. The Kier molecular flexibility index (Phi) is 5.93. The number of likely N-dealkylation sites (tertiary alicyclic amines) is 2. The molecule has 0 unspecified atom stereocenters. The van der Waals surface area contributed by atoms with Crippen molar-refractivity contribution in [3.8, 4) is 0 Å². The molecule has 8 nitrogen and oxygen atoms in total. The minimum Gasteiger partial charge on any atom is -0.350 e. The lowest BCUT2D eigenvalue weighted by atomic mass is 9.88. The van der Waals surface area contributed by atoms with Crippen molar-refractivity contribution in [1.82, 2.24) is 25.1 Å². The van der Waals surface area contributed by atoms with E-state index in [1.165, 1.54) is 18.2 Å². The molecule has 0 saturated carbocycles. The van der Waals surface area contributed by atoms with Crippen LogP contribution < -0.4 is 5.32 Å². The highest BCUT2D eigenvalue weighted by molar-refractivity contribution is 5.99. The average Bonchev–Trinajstić information content (AvgIpc) is 3.68. The normalized spacial score (nSPS) is 18.9. The van der Waals surface area contributed by atoms with Gasteiger partial charge in [-0.25, -0.2) is 8.78 Å². The topological polar surface area (TPSA) is 101 Å². The number of hydrogen-bond acceptors (Lipinski definition) is 3. The second kappa shape index (κ2) is 9.21. The molecule has 2 fully saturated rings. The molecule has 3 amide bonds. The van der Waals surface area contributed by atoms with Gasteiger partial charge in [0.1, 0.15) is 23.0 Å². The minimum atomic E-state index is -0.513. The average molecular weight is 534 g/mol. The third-order valence-electron chi connectivity index (χ3n) is 7.84. The van der Waals surface area contributed by atoms with Crippen LogP contribution >= 0.6 is 0 Å². The van der Waals surface area contributed by atoms with Gasteiger partial charge >= 0.3 is 0 Å². The van der Waals surface area contributed by atoms with E-state index in [4.69, 9.17) is 0 Å². The summed E-state index contributed by atoms with van der Waals surface area (Å²) in [7, 11) is 0. The van der Waals surface area contributed by atoms with E-state index < -0.39 is 11.2 Å². The number of hydrogen-bond donors (Lipinski definition) is 3. The van der Waals surface area contributed by atoms with E-state index in [0.717, 1.165) is 11.8 Å². The quantitative estimate of drug-likeness (QED) is 0.346. The van der Waals surface area contributed by atoms with Crippen LogP contribution in [0.25, 0.3) is 21.8 Å². The van der Waals surface area contributed by atoms with Gasteiger partial charge in [-0.15, -0.1) is 0 Å². The standard InChI is InChI=1S/C29H29F2N5O3/c1-29(2,15-32-27(38)23-9-17-4-3-5-21(31)26(17)34-23)12-25(37)35-13-20-11-19(35)14-36(20)28(39)24-8-16-6-7-18(30)10-22(16)33-24/h3-10,19-20,33-34H,11-15H2,1-2H3,(H,32,38)/t19-,20-/m0/s1. The fourth-order valence-corrected chi connectivity index (χ4v) is 5.82. The van der Waals surface area contributed by atoms with Gasteiger partial charge in [-0.1, -0.05) is 26.0 Å². The second-order valence-electron chi connectivity index (χ2n) is 11.4. The predicted octanol–water partition coefficient (Wildman–Crippen LogP) is 4.20. The Morgan fingerprint density at radius 3 is 2.44 bits per heavy atom. The predicted molar refractivity (Wildman–Crippen MR) is 142 cm³/mol. The van der Waals surface area contributed by atoms with Crippen molar-refractivity contribution in [3.05, 3.63) is 71.6 Å². The molecule has 39 heavy (non-hydrogen) atoms. The lowest BCUT2D eigenvalue weighted by molar-refractivity contribution is -0.135. The smallest absolute Gasteiger partial charge is 0.270 e. The van der Waals surface area contributed by atoms with Crippen LogP contribution in [0.2, 0.25) is 0 Å². The molecule has 2 aliphatic heterocycles. The number of aromatic amines is 2.